The van der Waals surface area contributed by atoms with Crippen molar-refractivity contribution in [3.63, 3.8) is 0 Å². The van der Waals surface area contributed by atoms with E-state index in [1.165, 1.54) is 6.07 Å². The molecule has 2 N–H and O–H groups in total. The number of nitro groups is 1. The number of nitro benzene ring substituents is 1. The minimum absolute atomic E-state index is 0.0759. The van der Waals surface area contributed by atoms with Gasteiger partial charge in [0, 0.05) is 39.4 Å². The van der Waals surface area contributed by atoms with Gasteiger partial charge in [-0.2, -0.15) is 5.26 Å². The Labute approximate surface area is 254 Å². The summed E-state index contributed by atoms with van der Waals surface area (Å²) in [5, 5.41) is 23.2. The van der Waals surface area contributed by atoms with Gasteiger partial charge >= 0.3 is 0 Å². The lowest BCUT2D eigenvalue weighted by Gasteiger charge is -2.43. The molecule has 1 aliphatic carbocycles. The Bertz CT molecular complexity index is 1720. The molecular formula is C33H31ClN4O3S. The molecule has 0 radical (unpaired) electrons. The molecule has 1 atom stereocenters. The molecule has 5 rings (SSSR count). The number of hydrogen-bond donors (Lipinski definition) is 1. The number of hydrogen-bond acceptors (Lipinski definition) is 7. The van der Waals surface area contributed by atoms with Gasteiger partial charge < -0.3 is 5.73 Å². The normalized spacial score (nSPS) is 18.1. The SMILES string of the molecule is Cc1cc(CSc2ccc(Cl)cc2)c(C)c(C2C(C#N)=C(N)N(c3ccccc3[N+](=O)[O-])C3=C2C(=O)CC(C)(C)C3)c1. The highest BCUT2D eigenvalue weighted by Crippen LogP contribution is 2.52. The first-order valence-electron chi connectivity index (χ1n) is 13.6. The van der Waals surface area contributed by atoms with E-state index in [2.05, 4.69) is 12.1 Å². The van der Waals surface area contributed by atoms with Gasteiger partial charge in [-0.25, -0.2) is 0 Å². The molecule has 0 aromatic heterocycles. The maximum Gasteiger partial charge on any atom is 0.293 e. The van der Waals surface area contributed by atoms with Crippen LogP contribution >= 0.6 is 23.4 Å². The van der Waals surface area contributed by atoms with Crippen molar-refractivity contribution in [1.29, 1.82) is 5.26 Å². The third-order valence-corrected chi connectivity index (χ3v) is 9.23. The highest BCUT2D eigenvalue weighted by atomic mass is 35.5. The quantitative estimate of drug-likeness (QED) is 0.173. The number of benzene rings is 3. The molecule has 0 bridgehead atoms. The molecule has 0 spiro atoms. The number of rotatable bonds is 6. The maximum atomic E-state index is 14.0. The van der Waals surface area contributed by atoms with E-state index in [4.69, 9.17) is 17.3 Å². The number of halogens is 1. The lowest BCUT2D eigenvalue weighted by atomic mass is 9.68. The topological polar surface area (TPSA) is 113 Å². The molecular weight excluding hydrogens is 568 g/mol. The number of para-hydroxylation sites is 2. The largest absolute Gasteiger partial charge is 0.384 e. The molecule has 214 valence electrons. The molecule has 0 fully saturated rings. The molecule has 7 nitrogen and oxygen atoms in total. The average molecular weight is 599 g/mol. The third kappa shape index (κ3) is 5.42. The van der Waals surface area contributed by atoms with E-state index in [9.17, 15) is 20.2 Å². The first-order chi connectivity index (χ1) is 19.9. The van der Waals surface area contributed by atoms with Crippen LogP contribution in [0.25, 0.3) is 0 Å². The van der Waals surface area contributed by atoms with Crippen LogP contribution in [0.2, 0.25) is 5.02 Å². The Morgan fingerprint density at radius 2 is 1.83 bits per heavy atom. The van der Waals surface area contributed by atoms with E-state index < -0.39 is 16.3 Å². The monoisotopic (exact) mass is 598 g/mol. The number of nitrogens with two attached hydrogens (primary N) is 1. The second-order valence-corrected chi connectivity index (χ2v) is 13.1. The number of thioether (sulfide) groups is 1. The standard InChI is InChI=1S/C33H31ClN4O3S/c1-19-13-21(18-42-23-11-9-22(34)10-12-23)20(2)24(14-19)30-25(17-35)32(36)37(26-7-5-6-8-27(26)38(40)41)28-15-33(3,4)16-29(39)31(28)30/h5-14,30H,15-16,18,36H2,1-4H3. The fourth-order valence-corrected chi connectivity index (χ4v) is 7.08. The summed E-state index contributed by atoms with van der Waals surface area (Å²) in [6, 6.07) is 20.4. The van der Waals surface area contributed by atoms with Gasteiger partial charge in [0.05, 0.1) is 22.5 Å². The summed E-state index contributed by atoms with van der Waals surface area (Å²) in [6.07, 6.45) is 0.774. The van der Waals surface area contributed by atoms with Crippen LogP contribution < -0.4 is 10.6 Å². The molecule has 0 saturated carbocycles. The van der Waals surface area contributed by atoms with E-state index in [0.29, 0.717) is 34.9 Å². The summed E-state index contributed by atoms with van der Waals surface area (Å²) in [6.45, 7) is 8.03. The highest BCUT2D eigenvalue weighted by Gasteiger charge is 2.46. The summed E-state index contributed by atoms with van der Waals surface area (Å²) < 4.78 is 0. The Morgan fingerprint density at radius 3 is 2.50 bits per heavy atom. The van der Waals surface area contributed by atoms with Crippen LogP contribution in [0.3, 0.4) is 0 Å². The molecule has 42 heavy (non-hydrogen) atoms. The second kappa shape index (κ2) is 11.3. The molecule has 1 aliphatic heterocycles. The molecule has 0 amide bonds. The van der Waals surface area contributed by atoms with Crippen molar-refractivity contribution in [2.24, 2.45) is 11.1 Å². The predicted octanol–water partition coefficient (Wildman–Crippen LogP) is 8.10. The van der Waals surface area contributed by atoms with E-state index in [-0.39, 0.29) is 28.6 Å². The van der Waals surface area contributed by atoms with Crippen molar-refractivity contribution in [1.82, 2.24) is 0 Å². The molecule has 2 aliphatic rings. The van der Waals surface area contributed by atoms with E-state index in [1.807, 2.05) is 58.0 Å². The molecule has 1 heterocycles. The summed E-state index contributed by atoms with van der Waals surface area (Å²) in [4.78, 5) is 28.2. The number of carbonyl (C=O) groups is 1. The highest BCUT2D eigenvalue weighted by molar-refractivity contribution is 7.98. The predicted molar refractivity (Wildman–Crippen MR) is 167 cm³/mol. The summed E-state index contributed by atoms with van der Waals surface area (Å²) in [5.74, 6) is 0.0458. The summed E-state index contributed by atoms with van der Waals surface area (Å²) in [5.41, 5.74) is 11.7. The zero-order chi connectivity index (χ0) is 30.3. The van der Waals surface area contributed by atoms with Gasteiger partial charge in [0.2, 0.25) is 0 Å². The van der Waals surface area contributed by atoms with Gasteiger partial charge in [-0.15, -0.1) is 11.8 Å². The van der Waals surface area contributed by atoms with Crippen molar-refractivity contribution in [2.45, 2.75) is 57.1 Å². The van der Waals surface area contributed by atoms with Gasteiger partial charge in [-0.05, 0) is 72.7 Å². The third-order valence-electron chi connectivity index (χ3n) is 7.92. The van der Waals surface area contributed by atoms with Crippen LogP contribution in [0.1, 0.15) is 54.9 Å². The number of anilines is 1. The first-order valence-corrected chi connectivity index (χ1v) is 15.0. The van der Waals surface area contributed by atoms with E-state index in [0.717, 1.165) is 27.1 Å². The Hall–Kier alpha value is -4.06. The minimum Gasteiger partial charge on any atom is -0.384 e. The Kier molecular flexibility index (Phi) is 7.93. The fraction of sp³-hybridized carbons (Fsp3) is 0.273. The van der Waals surface area contributed by atoms with Crippen LogP contribution in [0.15, 0.2) is 88.2 Å². The Morgan fingerprint density at radius 1 is 1.14 bits per heavy atom. The van der Waals surface area contributed by atoms with Crippen molar-refractivity contribution < 1.29 is 9.72 Å². The Balaban J connectivity index is 1.70. The first kappa shape index (κ1) is 29.4. The van der Waals surface area contributed by atoms with Gasteiger partial charge in [0.1, 0.15) is 11.5 Å². The molecule has 3 aromatic rings. The van der Waals surface area contributed by atoms with Crippen LogP contribution in [0.5, 0.6) is 0 Å². The molecule has 3 aromatic carbocycles. The maximum absolute atomic E-state index is 14.0. The van der Waals surface area contributed by atoms with Crippen LogP contribution in [-0.4, -0.2) is 10.7 Å². The smallest absolute Gasteiger partial charge is 0.293 e. The second-order valence-electron chi connectivity index (χ2n) is 11.6. The van der Waals surface area contributed by atoms with Gasteiger partial charge in [0.25, 0.3) is 5.69 Å². The van der Waals surface area contributed by atoms with Crippen LogP contribution in [0.4, 0.5) is 11.4 Å². The minimum atomic E-state index is -0.674. The zero-order valence-corrected chi connectivity index (χ0v) is 25.5. The van der Waals surface area contributed by atoms with Crippen LogP contribution in [0, 0.1) is 40.7 Å². The van der Waals surface area contributed by atoms with Crippen molar-refractivity contribution in [3.05, 3.63) is 121 Å². The number of carbonyl (C=O) groups excluding carboxylic acids is 1. The fourth-order valence-electron chi connectivity index (χ4n) is 6.01. The van der Waals surface area contributed by atoms with E-state index >= 15 is 0 Å². The lowest BCUT2D eigenvalue weighted by molar-refractivity contribution is -0.384. The number of nitriles is 1. The zero-order valence-electron chi connectivity index (χ0n) is 23.9. The van der Waals surface area contributed by atoms with Gasteiger partial charge in [0.15, 0.2) is 5.78 Å². The number of Topliss-reactive ketones (excluding diaryl/α,β-unsaturated/α-hetero) is 1. The number of nitrogens with zero attached hydrogens (tertiary/aromatic N) is 3. The molecule has 9 heteroatoms. The van der Waals surface area contributed by atoms with Gasteiger partial charge in [-0.3, -0.25) is 19.8 Å². The number of aryl methyl sites for hydroxylation is 1. The average Bonchev–Trinajstić information content (AvgIpc) is 2.93. The number of ketones is 1. The molecule has 1 unspecified atom stereocenters. The summed E-state index contributed by atoms with van der Waals surface area (Å²) >= 11 is 7.74. The van der Waals surface area contributed by atoms with Gasteiger partial charge in [-0.1, -0.05) is 55.3 Å². The van der Waals surface area contributed by atoms with E-state index in [1.54, 1.807) is 34.9 Å². The summed E-state index contributed by atoms with van der Waals surface area (Å²) in [7, 11) is 0. The van der Waals surface area contributed by atoms with Crippen molar-refractivity contribution in [3.8, 4) is 6.07 Å². The molecule has 0 saturated heterocycles. The lowest BCUT2D eigenvalue weighted by Crippen LogP contribution is -2.42. The van der Waals surface area contributed by atoms with Crippen LogP contribution in [-0.2, 0) is 10.5 Å². The van der Waals surface area contributed by atoms with Crippen molar-refractivity contribution >= 4 is 40.5 Å². The number of allylic oxidation sites excluding steroid dienone is 3. The van der Waals surface area contributed by atoms with Crippen molar-refractivity contribution in [2.75, 3.05) is 4.90 Å².